The summed E-state index contributed by atoms with van der Waals surface area (Å²) in [6.45, 7) is 4.22. The molecule has 4 rings (SSSR count). The number of aryl methyl sites for hydroxylation is 1. The van der Waals surface area contributed by atoms with E-state index in [1.165, 1.54) is 0 Å². The van der Waals surface area contributed by atoms with Gasteiger partial charge in [0, 0.05) is 36.1 Å². The Balaban J connectivity index is 1.17. The normalized spacial score (nSPS) is 14.5. The van der Waals surface area contributed by atoms with Crippen LogP contribution in [0.5, 0.6) is 5.75 Å². The number of imide groups is 2. The van der Waals surface area contributed by atoms with Crippen LogP contribution in [0.2, 0.25) is 0 Å². The topological polar surface area (TPSA) is 173 Å². The van der Waals surface area contributed by atoms with Gasteiger partial charge in [0.2, 0.25) is 30.0 Å². The van der Waals surface area contributed by atoms with Crippen LogP contribution in [-0.2, 0) is 25.7 Å². The molecule has 1 unspecified atom stereocenters. The first kappa shape index (κ1) is 30.9. The molecule has 1 aliphatic rings. The minimum absolute atomic E-state index is 0.0435. The summed E-state index contributed by atoms with van der Waals surface area (Å²) in [7, 11) is 0. The van der Waals surface area contributed by atoms with E-state index in [-0.39, 0.29) is 24.3 Å². The van der Waals surface area contributed by atoms with Crippen molar-refractivity contribution in [2.75, 3.05) is 6.61 Å². The summed E-state index contributed by atoms with van der Waals surface area (Å²) in [5, 5.41) is 20.9. The zero-order valence-corrected chi connectivity index (χ0v) is 24.0. The van der Waals surface area contributed by atoms with E-state index < -0.39 is 23.8 Å². The largest absolute Gasteiger partial charge is 0.493 e. The van der Waals surface area contributed by atoms with Gasteiger partial charge in [0.15, 0.2) is 5.82 Å². The van der Waals surface area contributed by atoms with E-state index in [0.717, 1.165) is 22.4 Å². The first-order valence-electron chi connectivity index (χ1n) is 14.0. The van der Waals surface area contributed by atoms with Gasteiger partial charge in [0.25, 0.3) is 5.91 Å². The molecule has 0 saturated carbocycles. The number of benzene rings is 2. The molecule has 1 aliphatic heterocycles. The number of nitrogens with one attached hydrogen (secondary N) is 2. The maximum absolute atomic E-state index is 13.1. The minimum atomic E-state index is -1.04. The number of amides is 5. The van der Waals surface area contributed by atoms with Gasteiger partial charge in [-0.15, -0.1) is 20.4 Å². The third kappa shape index (κ3) is 8.24. The molecule has 224 valence electrons. The molecule has 0 aliphatic carbocycles. The maximum Gasteiger partial charge on any atom is 0.261 e. The Morgan fingerprint density at radius 2 is 1.77 bits per heavy atom. The van der Waals surface area contributed by atoms with Gasteiger partial charge in [-0.3, -0.25) is 34.2 Å². The molecule has 43 heavy (non-hydrogen) atoms. The molecule has 1 atom stereocenters. The summed E-state index contributed by atoms with van der Waals surface area (Å²) in [5.41, 5.74) is 2.51. The summed E-state index contributed by atoms with van der Waals surface area (Å²) in [5.74, 6) is -0.348. The lowest BCUT2D eigenvalue weighted by Crippen LogP contribution is -2.53. The van der Waals surface area contributed by atoms with Crippen molar-refractivity contribution in [3.63, 3.8) is 0 Å². The zero-order valence-electron chi connectivity index (χ0n) is 24.0. The summed E-state index contributed by atoms with van der Waals surface area (Å²) in [4.78, 5) is 61.6. The second-order valence-corrected chi connectivity index (χ2v) is 10.1. The van der Waals surface area contributed by atoms with E-state index in [1.807, 2.05) is 24.3 Å². The van der Waals surface area contributed by atoms with Crippen molar-refractivity contribution in [3.05, 3.63) is 65.0 Å². The van der Waals surface area contributed by atoms with Crippen LogP contribution in [-0.4, -0.2) is 68.0 Å². The van der Waals surface area contributed by atoms with Gasteiger partial charge in [-0.25, -0.2) is 0 Å². The first-order valence-corrected chi connectivity index (χ1v) is 14.0. The number of rotatable bonds is 13. The SMILES string of the molecule is Cc1nnc(-c2ccc(CNC(=O)CCCCCOc3cccc(C(=O)N(C=O)C4CCC(=O)NC4=O)c3C)cc2)nn1. The van der Waals surface area contributed by atoms with Crippen molar-refractivity contribution in [1.29, 1.82) is 0 Å². The molecule has 0 bridgehead atoms. The Kier molecular flexibility index (Phi) is 10.6. The smallest absolute Gasteiger partial charge is 0.261 e. The molecule has 13 nitrogen and oxygen atoms in total. The number of unbranched alkanes of at least 4 members (excludes halogenated alkanes) is 2. The first-order chi connectivity index (χ1) is 20.8. The van der Waals surface area contributed by atoms with Gasteiger partial charge in [-0.1, -0.05) is 30.3 Å². The highest BCUT2D eigenvalue weighted by Crippen LogP contribution is 2.24. The third-order valence-corrected chi connectivity index (χ3v) is 6.99. The molecule has 13 heteroatoms. The number of hydrogen-bond acceptors (Lipinski definition) is 10. The maximum atomic E-state index is 13.1. The summed E-state index contributed by atoms with van der Waals surface area (Å²) in [6, 6.07) is 11.4. The van der Waals surface area contributed by atoms with Crippen LogP contribution >= 0.6 is 0 Å². The zero-order chi connectivity index (χ0) is 30.8. The number of nitrogens with zero attached hydrogens (tertiary/aromatic N) is 5. The average Bonchev–Trinajstić information content (AvgIpc) is 3.00. The second kappa shape index (κ2) is 14.7. The predicted octanol–water partition coefficient (Wildman–Crippen LogP) is 2.21. The fraction of sp³-hybridized carbons (Fsp3) is 0.367. The number of hydrogen-bond donors (Lipinski definition) is 2. The molecule has 3 aromatic rings. The molecule has 2 aromatic carbocycles. The van der Waals surface area contributed by atoms with Crippen molar-refractivity contribution in [2.45, 2.75) is 65.0 Å². The summed E-state index contributed by atoms with van der Waals surface area (Å²) in [6.07, 6.45) is 3.00. The van der Waals surface area contributed by atoms with Crippen LogP contribution in [0.3, 0.4) is 0 Å². The second-order valence-electron chi connectivity index (χ2n) is 10.1. The quantitative estimate of drug-likeness (QED) is 0.171. The van der Waals surface area contributed by atoms with Crippen molar-refractivity contribution < 1.29 is 28.7 Å². The fourth-order valence-electron chi connectivity index (χ4n) is 4.55. The Morgan fingerprint density at radius 1 is 1.02 bits per heavy atom. The van der Waals surface area contributed by atoms with E-state index in [0.29, 0.717) is 61.8 Å². The van der Waals surface area contributed by atoms with Crippen molar-refractivity contribution in [1.82, 2.24) is 35.9 Å². The predicted molar refractivity (Wildman–Crippen MR) is 153 cm³/mol. The molecule has 0 radical (unpaired) electrons. The minimum Gasteiger partial charge on any atom is -0.493 e. The molecule has 2 heterocycles. The number of carbonyl (C=O) groups is 5. The lowest BCUT2D eigenvalue weighted by atomic mass is 10.0. The molecule has 1 saturated heterocycles. The highest BCUT2D eigenvalue weighted by Gasteiger charge is 2.35. The van der Waals surface area contributed by atoms with Crippen molar-refractivity contribution in [2.24, 2.45) is 0 Å². The van der Waals surface area contributed by atoms with E-state index in [1.54, 1.807) is 32.0 Å². The molecule has 1 fully saturated rings. The van der Waals surface area contributed by atoms with E-state index in [4.69, 9.17) is 4.74 Å². The standard InChI is InChI=1S/C30H33N7O6/c1-19-23(30(42)37(18-38)24-14-15-27(40)32-29(24)41)7-6-8-25(19)43-16-5-3-4-9-26(39)31-17-21-10-12-22(13-11-21)28-35-33-20(2)34-36-28/h6-8,10-13,18,24H,3-5,9,14-17H2,1-2H3,(H,31,39)(H,32,40,41). The molecule has 2 N–H and O–H groups in total. The Morgan fingerprint density at radius 3 is 2.47 bits per heavy atom. The van der Waals surface area contributed by atoms with E-state index >= 15 is 0 Å². The Bertz CT molecular complexity index is 1480. The number of ether oxygens (including phenoxy) is 1. The van der Waals surface area contributed by atoms with Crippen LogP contribution in [0, 0.1) is 13.8 Å². The van der Waals surface area contributed by atoms with E-state index in [9.17, 15) is 24.0 Å². The van der Waals surface area contributed by atoms with Crippen molar-refractivity contribution in [3.8, 4) is 17.1 Å². The van der Waals surface area contributed by atoms with Gasteiger partial charge < -0.3 is 10.1 Å². The molecular weight excluding hydrogens is 554 g/mol. The molecule has 1 aromatic heterocycles. The monoisotopic (exact) mass is 587 g/mol. The fourth-order valence-corrected chi connectivity index (χ4v) is 4.55. The van der Waals surface area contributed by atoms with Crippen LogP contribution in [0.15, 0.2) is 42.5 Å². The molecule has 0 spiro atoms. The van der Waals surface area contributed by atoms with Crippen LogP contribution < -0.4 is 15.4 Å². The van der Waals surface area contributed by atoms with Gasteiger partial charge in [-0.05, 0) is 57.2 Å². The average molecular weight is 588 g/mol. The van der Waals surface area contributed by atoms with Crippen molar-refractivity contribution >= 4 is 30.0 Å². The van der Waals surface area contributed by atoms with Crippen LogP contribution in [0.25, 0.3) is 11.4 Å². The van der Waals surface area contributed by atoms with Crippen LogP contribution in [0.4, 0.5) is 0 Å². The summed E-state index contributed by atoms with van der Waals surface area (Å²) < 4.78 is 5.88. The summed E-state index contributed by atoms with van der Waals surface area (Å²) >= 11 is 0. The van der Waals surface area contributed by atoms with Gasteiger partial charge in [0.1, 0.15) is 11.8 Å². The Labute approximate surface area is 248 Å². The lowest BCUT2D eigenvalue weighted by molar-refractivity contribution is -0.139. The third-order valence-electron chi connectivity index (χ3n) is 6.99. The van der Waals surface area contributed by atoms with Crippen LogP contribution in [0.1, 0.15) is 65.8 Å². The number of piperidine rings is 1. The molecule has 5 amide bonds. The van der Waals surface area contributed by atoms with Gasteiger partial charge in [-0.2, -0.15) is 0 Å². The highest BCUT2D eigenvalue weighted by atomic mass is 16.5. The lowest BCUT2D eigenvalue weighted by Gasteiger charge is -2.28. The number of carbonyl (C=O) groups excluding carboxylic acids is 5. The van der Waals surface area contributed by atoms with Gasteiger partial charge in [0.05, 0.1) is 6.61 Å². The molecular formula is C30H33N7O6. The Hall–Kier alpha value is -5.07. The number of aromatic nitrogens is 4. The van der Waals surface area contributed by atoms with E-state index in [2.05, 4.69) is 31.0 Å². The highest BCUT2D eigenvalue weighted by molar-refractivity contribution is 6.07. The van der Waals surface area contributed by atoms with Gasteiger partial charge >= 0.3 is 0 Å².